The van der Waals surface area contributed by atoms with Gasteiger partial charge in [0.2, 0.25) is 0 Å². The molecular weight excluding hydrogens is 211 g/mol. The zero-order chi connectivity index (χ0) is 12.0. The van der Waals surface area contributed by atoms with Crippen LogP contribution in [0.4, 0.5) is 20.6 Å². The number of ether oxygens (including phenoxy) is 1. The monoisotopic (exact) mass is 226 g/mol. The Balaban J connectivity index is 2.46. The summed E-state index contributed by atoms with van der Waals surface area (Å²) < 4.78 is 17.7. The third-order valence-electron chi connectivity index (χ3n) is 1.97. The molecule has 5 heteroatoms. The summed E-state index contributed by atoms with van der Waals surface area (Å²) in [5.74, 6) is -0.509. The van der Waals surface area contributed by atoms with Gasteiger partial charge in [0.15, 0.2) is 0 Å². The van der Waals surface area contributed by atoms with Crippen LogP contribution in [0.25, 0.3) is 0 Å². The molecule has 0 spiro atoms. The fourth-order valence-electron chi connectivity index (χ4n) is 1.08. The molecule has 0 atom stereocenters. The Morgan fingerprint density at radius 2 is 2.31 bits per heavy atom. The molecule has 0 fully saturated rings. The van der Waals surface area contributed by atoms with E-state index in [0.29, 0.717) is 12.3 Å². The van der Waals surface area contributed by atoms with Crippen LogP contribution in [-0.2, 0) is 4.74 Å². The fourth-order valence-corrected chi connectivity index (χ4v) is 1.08. The van der Waals surface area contributed by atoms with E-state index in [-0.39, 0.29) is 5.69 Å². The van der Waals surface area contributed by atoms with Gasteiger partial charge in [-0.2, -0.15) is 0 Å². The van der Waals surface area contributed by atoms with Crippen molar-refractivity contribution in [1.82, 2.24) is 0 Å². The maximum absolute atomic E-state index is 12.8. The number of carbonyl (C=O) groups is 1. The maximum atomic E-state index is 12.8. The summed E-state index contributed by atoms with van der Waals surface area (Å²) in [6.07, 6.45) is 1.22. The van der Waals surface area contributed by atoms with Crippen molar-refractivity contribution in [2.24, 2.45) is 0 Å². The standard InChI is InChI=1S/C11H15FN2O2/c1-2-3-6-16-11(15)14-8-4-5-9(12)10(13)7-8/h4-5,7H,2-3,6,13H2,1H3,(H,14,15). The summed E-state index contributed by atoms with van der Waals surface area (Å²) in [4.78, 5) is 11.2. The molecule has 1 aromatic rings. The second kappa shape index (κ2) is 5.95. The zero-order valence-corrected chi connectivity index (χ0v) is 9.13. The van der Waals surface area contributed by atoms with E-state index in [1.54, 1.807) is 0 Å². The minimum atomic E-state index is -0.556. The summed E-state index contributed by atoms with van der Waals surface area (Å²) in [5, 5.41) is 2.46. The van der Waals surface area contributed by atoms with E-state index >= 15 is 0 Å². The minimum Gasteiger partial charge on any atom is -0.449 e. The van der Waals surface area contributed by atoms with Crippen molar-refractivity contribution in [3.8, 4) is 0 Å². The van der Waals surface area contributed by atoms with Gasteiger partial charge in [-0.25, -0.2) is 9.18 Å². The predicted octanol–water partition coefficient (Wildman–Crippen LogP) is 2.76. The molecule has 3 N–H and O–H groups in total. The number of nitrogen functional groups attached to an aromatic ring is 1. The molecule has 0 heterocycles. The highest BCUT2D eigenvalue weighted by molar-refractivity contribution is 5.85. The van der Waals surface area contributed by atoms with Crippen LogP contribution < -0.4 is 11.1 Å². The second-order valence-corrected chi connectivity index (χ2v) is 3.35. The molecule has 0 aliphatic carbocycles. The summed E-state index contributed by atoms with van der Waals surface area (Å²) in [6, 6.07) is 3.96. The number of nitrogens with two attached hydrogens (primary N) is 1. The summed E-state index contributed by atoms with van der Waals surface area (Å²) >= 11 is 0. The van der Waals surface area contributed by atoms with Crippen molar-refractivity contribution < 1.29 is 13.9 Å². The minimum absolute atomic E-state index is 0.00800. The molecule has 0 bridgehead atoms. The number of anilines is 2. The molecule has 16 heavy (non-hydrogen) atoms. The van der Waals surface area contributed by atoms with E-state index < -0.39 is 11.9 Å². The van der Waals surface area contributed by atoms with Crippen LogP contribution in [0, 0.1) is 5.82 Å². The summed E-state index contributed by atoms with van der Waals surface area (Å²) in [6.45, 7) is 2.38. The van der Waals surface area contributed by atoms with Crippen LogP contribution in [0.2, 0.25) is 0 Å². The average molecular weight is 226 g/mol. The van der Waals surface area contributed by atoms with Gasteiger partial charge in [0.1, 0.15) is 5.82 Å². The Morgan fingerprint density at radius 3 is 2.94 bits per heavy atom. The Morgan fingerprint density at radius 1 is 1.56 bits per heavy atom. The molecule has 0 unspecified atom stereocenters. The van der Waals surface area contributed by atoms with Gasteiger partial charge in [-0.1, -0.05) is 13.3 Å². The number of nitrogens with one attached hydrogen (secondary N) is 1. The Kier molecular flexibility index (Phi) is 4.57. The van der Waals surface area contributed by atoms with Crippen molar-refractivity contribution in [3.63, 3.8) is 0 Å². The van der Waals surface area contributed by atoms with E-state index in [4.69, 9.17) is 10.5 Å². The lowest BCUT2D eigenvalue weighted by Gasteiger charge is -2.07. The number of carbonyl (C=O) groups excluding carboxylic acids is 1. The Bertz CT molecular complexity index is 369. The molecule has 0 saturated carbocycles. The second-order valence-electron chi connectivity index (χ2n) is 3.35. The maximum Gasteiger partial charge on any atom is 0.411 e. The molecule has 88 valence electrons. The molecule has 1 amide bonds. The molecule has 1 rings (SSSR count). The van der Waals surface area contributed by atoms with Gasteiger partial charge in [-0.3, -0.25) is 5.32 Å². The van der Waals surface area contributed by atoms with Gasteiger partial charge < -0.3 is 10.5 Å². The predicted molar refractivity (Wildman–Crippen MR) is 60.7 cm³/mol. The average Bonchev–Trinajstić information content (AvgIpc) is 2.24. The number of halogens is 1. The summed E-state index contributed by atoms with van der Waals surface area (Å²) in [5.41, 5.74) is 5.76. The smallest absolute Gasteiger partial charge is 0.411 e. The Hall–Kier alpha value is -1.78. The molecule has 0 saturated heterocycles. The lowest BCUT2D eigenvalue weighted by molar-refractivity contribution is 0.160. The van der Waals surface area contributed by atoms with Gasteiger partial charge in [0.05, 0.1) is 12.3 Å². The van der Waals surface area contributed by atoms with Crippen molar-refractivity contribution >= 4 is 17.5 Å². The fraction of sp³-hybridized carbons (Fsp3) is 0.364. The third kappa shape index (κ3) is 3.76. The number of unbranched alkanes of at least 4 members (excludes halogenated alkanes) is 1. The quantitative estimate of drug-likeness (QED) is 0.613. The van der Waals surface area contributed by atoms with Crippen LogP contribution in [0.1, 0.15) is 19.8 Å². The van der Waals surface area contributed by atoms with Crippen molar-refractivity contribution in [1.29, 1.82) is 0 Å². The topological polar surface area (TPSA) is 64.3 Å². The van der Waals surface area contributed by atoms with Gasteiger partial charge >= 0.3 is 6.09 Å². The van der Waals surface area contributed by atoms with Gasteiger partial charge in [-0.05, 0) is 24.6 Å². The van der Waals surface area contributed by atoms with E-state index in [2.05, 4.69) is 5.32 Å². The first-order valence-corrected chi connectivity index (χ1v) is 5.12. The van der Waals surface area contributed by atoms with E-state index in [0.717, 1.165) is 12.8 Å². The van der Waals surface area contributed by atoms with Crippen LogP contribution in [0.15, 0.2) is 18.2 Å². The molecular formula is C11H15FN2O2. The third-order valence-corrected chi connectivity index (χ3v) is 1.97. The SMILES string of the molecule is CCCCOC(=O)Nc1ccc(F)c(N)c1. The lowest BCUT2D eigenvalue weighted by atomic mass is 10.3. The van der Waals surface area contributed by atoms with E-state index in [1.165, 1.54) is 18.2 Å². The number of hydrogen-bond acceptors (Lipinski definition) is 3. The van der Waals surface area contributed by atoms with Crippen LogP contribution in [-0.4, -0.2) is 12.7 Å². The molecule has 4 nitrogen and oxygen atoms in total. The van der Waals surface area contributed by atoms with Gasteiger partial charge in [0, 0.05) is 5.69 Å². The largest absolute Gasteiger partial charge is 0.449 e. The van der Waals surface area contributed by atoms with Crippen LogP contribution in [0.5, 0.6) is 0 Å². The van der Waals surface area contributed by atoms with Crippen molar-refractivity contribution in [2.75, 3.05) is 17.7 Å². The first kappa shape index (κ1) is 12.3. The Labute approximate surface area is 93.6 Å². The first-order valence-electron chi connectivity index (χ1n) is 5.12. The van der Waals surface area contributed by atoms with Gasteiger partial charge in [0.25, 0.3) is 0 Å². The van der Waals surface area contributed by atoms with Crippen molar-refractivity contribution in [3.05, 3.63) is 24.0 Å². The number of hydrogen-bond donors (Lipinski definition) is 2. The van der Waals surface area contributed by atoms with Crippen molar-refractivity contribution in [2.45, 2.75) is 19.8 Å². The first-order chi connectivity index (χ1) is 7.63. The molecule has 1 aromatic carbocycles. The van der Waals surface area contributed by atoms with Gasteiger partial charge in [-0.15, -0.1) is 0 Å². The highest BCUT2D eigenvalue weighted by atomic mass is 19.1. The van der Waals surface area contributed by atoms with E-state index in [9.17, 15) is 9.18 Å². The number of amides is 1. The van der Waals surface area contributed by atoms with E-state index in [1.807, 2.05) is 6.92 Å². The van der Waals surface area contributed by atoms with Crippen LogP contribution >= 0.6 is 0 Å². The zero-order valence-electron chi connectivity index (χ0n) is 9.13. The molecule has 0 aliphatic rings. The lowest BCUT2D eigenvalue weighted by Crippen LogP contribution is -2.14. The highest BCUT2D eigenvalue weighted by Crippen LogP contribution is 2.16. The number of rotatable bonds is 4. The molecule has 0 aliphatic heterocycles. The molecule has 0 radical (unpaired) electrons. The normalized spacial score (nSPS) is 9.88. The van der Waals surface area contributed by atoms with Crippen LogP contribution in [0.3, 0.4) is 0 Å². The molecule has 0 aromatic heterocycles. The summed E-state index contributed by atoms with van der Waals surface area (Å²) in [7, 11) is 0. The highest BCUT2D eigenvalue weighted by Gasteiger charge is 2.04. The number of benzene rings is 1.